The molecule has 8 heteroatoms. The van der Waals surface area contributed by atoms with Crippen LogP contribution in [-0.4, -0.2) is 83.9 Å². The van der Waals surface area contributed by atoms with Gasteiger partial charge in [0.25, 0.3) is 11.8 Å². The van der Waals surface area contributed by atoms with E-state index in [2.05, 4.69) is 63.5 Å². The number of rotatable bonds is 7. The largest absolute Gasteiger partial charge is 0.383 e. The number of likely N-dealkylation sites (N-methyl/N-ethyl adjacent to an activating group) is 1. The van der Waals surface area contributed by atoms with Crippen molar-refractivity contribution in [1.29, 1.82) is 0 Å². The number of pyridine rings is 1. The number of benzene rings is 3. The van der Waals surface area contributed by atoms with Gasteiger partial charge in [0.1, 0.15) is 5.82 Å². The predicted molar refractivity (Wildman–Crippen MR) is 171 cm³/mol. The Morgan fingerprint density at radius 2 is 1.49 bits per heavy atom. The van der Waals surface area contributed by atoms with Crippen molar-refractivity contribution in [3.63, 3.8) is 0 Å². The zero-order valence-electron chi connectivity index (χ0n) is 24.6. The van der Waals surface area contributed by atoms with E-state index < -0.39 is 0 Å². The van der Waals surface area contributed by atoms with Gasteiger partial charge in [-0.3, -0.25) is 14.5 Å². The van der Waals surface area contributed by atoms with Crippen LogP contribution in [-0.2, 0) is 6.54 Å². The first kappa shape index (κ1) is 28.6. The molecule has 0 radical (unpaired) electrons. The van der Waals surface area contributed by atoms with Crippen molar-refractivity contribution in [2.24, 2.45) is 0 Å². The van der Waals surface area contributed by atoms with Crippen molar-refractivity contribution in [3.05, 3.63) is 108 Å². The van der Waals surface area contributed by atoms with Crippen LogP contribution in [0.5, 0.6) is 0 Å². The first-order valence-electron chi connectivity index (χ1n) is 14.9. The van der Waals surface area contributed by atoms with E-state index in [1.807, 2.05) is 42.5 Å². The van der Waals surface area contributed by atoms with Gasteiger partial charge in [-0.05, 0) is 53.9 Å². The van der Waals surface area contributed by atoms with Gasteiger partial charge < -0.3 is 20.9 Å². The van der Waals surface area contributed by atoms with Gasteiger partial charge in [0, 0.05) is 69.2 Å². The first-order valence-corrected chi connectivity index (χ1v) is 14.9. The zero-order valence-corrected chi connectivity index (χ0v) is 24.6. The van der Waals surface area contributed by atoms with Gasteiger partial charge in [-0.1, -0.05) is 66.7 Å². The number of amides is 2. The summed E-state index contributed by atoms with van der Waals surface area (Å²) in [5.74, 6) is -0.113. The number of piperazine rings is 1. The SMILES string of the molecule is CN1CCN(Cc2ccc(-c3cnc(N)c(C(=O)NC4CCN(C(=O)c5ccc(-c6ccccc6)cc5)C4)c3)cc2)CC1. The van der Waals surface area contributed by atoms with Gasteiger partial charge in [0.05, 0.1) is 5.56 Å². The van der Waals surface area contributed by atoms with Crippen LogP contribution in [0.15, 0.2) is 91.1 Å². The average Bonchev–Trinajstić information content (AvgIpc) is 3.51. The highest BCUT2D eigenvalue weighted by Crippen LogP contribution is 2.24. The number of hydrogen-bond donors (Lipinski definition) is 2. The van der Waals surface area contributed by atoms with Crippen molar-refractivity contribution in [1.82, 2.24) is 25.0 Å². The highest BCUT2D eigenvalue weighted by atomic mass is 16.2. The van der Waals surface area contributed by atoms with E-state index in [0.717, 1.165) is 55.0 Å². The third-order valence-electron chi connectivity index (χ3n) is 8.50. The molecular weight excluding hydrogens is 536 g/mol. The third kappa shape index (κ3) is 6.77. The number of aromatic nitrogens is 1. The molecule has 0 saturated carbocycles. The topological polar surface area (TPSA) is 94.8 Å². The summed E-state index contributed by atoms with van der Waals surface area (Å²) < 4.78 is 0. The van der Waals surface area contributed by atoms with Crippen molar-refractivity contribution >= 4 is 17.6 Å². The fourth-order valence-corrected chi connectivity index (χ4v) is 5.83. The average molecular weight is 575 g/mol. The van der Waals surface area contributed by atoms with E-state index in [-0.39, 0.29) is 23.7 Å². The molecule has 2 aliphatic heterocycles. The molecule has 2 aliphatic rings. The summed E-state index contributed by atoms with van der Waals surface area (Å²) in [5, 5.41) is 3.08. The van der Waals surface area contributed by atoms with Crippen LogP contribution in [0.1, 0.15) is 32.7 Å². The molecule has 1 atom stereocenters. The summed E-state index contributed by atoms with van der Waals surface area (Å²) in [6.45, 7) is 6.31. The fourth-order valence-electron chi connectivity index (χ4n) is 5.83. The predicted octanol–water partition coefficient (Wildman–Crippen LogP) is 4.39. The van der Waals surface area contributed by atoms with Crippen LogP contribution in [0, 0.1) is 0 Å². The molecule has 1 unspecified atom stereocenters. The molecule has 1 aromatic heterocycles. The van der Waals surface area contributed by atoms with Crippen molar-refractivity contribution in [2.45, 2.75) is 19.0 Å². The van der Waals surface area contributed by atoms with Crippen LogP contribution < -0.4 is 11.1 Å². The normalized spacial score (nSPS) is 17.6. The Kier molecular flexibility index (Phi) is 8.49. The lowest BCUT2D eigenvalue weighted by molar-refractivity contribution is 0.0783. The number of carbonyl (C=O) groups is 2. The molecule has 2 fully saturated rings. The monoisotopic (exact) mass is 574 g/mol. The highest BCUT2D eigenvalue weighted by Gasteiger charge is 2.29. The number of carbonyl (C=O) groups excluding carboxylic acids is 2. The molecule has 3 N–H and O–H groups in total. The van der Waals surface area contributed by atoms with Gasteiger partial charge in [0.15, 0.2) is 0 Å². The second-order valence-corrected chi connectivity index (χ2v) is 11.6. The van der Waals surface area contributed by atoms with E-state index in [1.165, 1.54) is 5.56 Å². The Hall–Kier alpha value is -4.53. The number of likely N-dealkylation sites (tertiary alicyclic amines) is 1. The molecule has 0 aliphatic carbocycles. The van der Waals surface area contributed by atoms with Crippen LogP contribution in [0.25, 0.3) is 22.3 Å². The van der Waals surface area contributed by atoms with Crippen molar-refractivity contribution < 1.29 is 9.59 Å². The molecule has 2 amide bonds. The van der Waals surface area contributed by atoms with E-state index in [0.29, 0.717) is 30.6 Å². The minimum Gasteiger partial charge on any atom is -0.383 e. The Bertz CT molecular complexity index is 1560. The number of nitrogens with one attached hydrogen (secondary N) is 1. The minimum atomic E-state index is -0.273. The van der Waals surface area contributed by atoms with Crippen molar-refractivity contribution in [2.75, 3.05) is 52.0 Å². The van der Waals surface area contributed by atoms with Gasteiger partial charge in [-0.2, -0.15) is 0 Å². The standard InChI is InChI=1S/C35H38N6O2/c1-39-17-19-40(20-18-39)23-25-7-9-28(10-8-25)30-21-32(33(36)37-22-30)34(42)38-31-15-16-41(24-31)35(43)29-13-11-27(12-14-29)26-5-3-2-4-6-26/h2-14,21-22,31H,15-20,23-24H2,1H3,(H2,36,37)(H,38,42). The third-order valence-corrected chi connectivity index (χ3v) is 8.50. The summed E-state index contributed by atoms with van der Waals surface area (Å²) >= 11 is 0. The summed E-state index contributed by atoms with van der Waals surface area (Å²) in [4.78, 5) is 37.4. The quantitative estimate of drug-likeness (QED) is 0.340. The smallest absolute Gasteiger partial charge is 0.255 e. The summed E-state index contributed by atoms with van der Waals surface area (Å²) in [7, 11) is 2.16. The lowest BCUT2D eigenvalue weighted by Gasteiger charge is -2.32. The molecule has 2 saturated heterocycles. The molecule has 0 spiro atoms. The number of nitrogen functional groups attached to an aromatic ring is 1. The Morgan fingerprint density at radius 1 is 0.837 bits per heavy atom. The maximum absolute atomic E-state index is 13.3. The van der Waals surface area contributed by atoms with E-state index >= 15 is 0 Å². The summed E-state index contributed by atoms with van der Waals surface area (Å²) in [5.41, 5.74) is 12.4. The number of nitrogens with zero attached hydrogens (tertiary/aromatic N) is 4. The molecule has 4 aromatic rings. The Balaban J connectivity index is 1.06. The fraction of sp³-hybridized carbons (Fsp3) is 0.286. The van der Waals surface area contributed by atoms with E-state index in [9.17, 15) is 9.59 Å². The lowest BCUT2D eigenvalue weighted by Crippen LogP contribution is -2.43. The lowest BCUT2D eigenvalue weighted by atomic mass is 10.0. The molecule has 6 rings (SSSR count). The van der Waals surface area contributed by atoms with Crippen molar-refractivity contribution in [3.8, 4) is 22.3 Å². The molecule has 43 heavy (non-hydrogen) atoms. The number of anilines is 1. The molecule has 8 nitrogen and oxygen atoms in total. The maximum atomic E-state index is 13.3. The molecule has 3 heterocycles. The van der Waals surface area contributed by atoms with Crippen LogP contribution in [0.2, 0.25) is 0 Å². The first-order chi connectivity index (χ1) is 20.9. The summed E-state index contributed by atoms with van der Waals surface area (Å²) in [6.07, 6.45) is 2.39. The van der Waals surface area contributed by atoms with Crippen LogP contribution >= 0.6 is 0 Å². The number of nitrogens with two attached hydrogens (primary N) is 1. The van der Waals surface area contributed by atoms with Gasteiger partial charge in [-0.15, -0.1) is 0 Å². The molecule has 3 aromatic carbocycles. The highest BCUT2D eigenvalue weighted by molar-refractivity contribution is 6.00. The molecule has 0 bridgehead atoms. The van der Waals surface area contributed by atoms with E-state index in [4.69, 9.17) is 5.73 Å². The Morgan fingerprint density at radius 3 is 2.21 bits per heavy atom. The van der Waals surface area contributed by atoms with Crippen LogP contribution in [0.3, 0.4) is 0 Å². The maximum Gasteiger partial charge on any atom is 0.255 e. The second-order valence-electron chi connectivity index (χ2n) is 11.6. The van der Waals surface area contributed by atoms with Gasteiger partial charge >= 0.3 is 0 Å². The Labute approximate surface area is 253 Å². The van der Waals surface area contributed by atoms with Gasteiger partial charge in [0.2, 0.25) is 0 Å². The molecular formula is C35H38N6O2. The van der Waals surface area contributed by atoms with E-state index in [1.54, 1.807) is 17.2 Å². The number of hydrogen-bond acceptors (Lipinski definition) is 6. The summed E-state index contributed by atoms with van der Waals surface area (Å²) in [6, 6.07) is 27.9. The minimum absolute atomic E-state index is 0.0318. The van der Waals surface area contributed by atoms with Crippen LogP contribution in [0.4, 0.5) is 5.82 Å². The molecule has 220 valence electrons. The van der Waals surface area contributed by atoms with Gasteiger partial charge in [-0.25, -0.2) is 4.98 Å². The zero-order chi connectivity index (χ0) is 29.8. The second kappa shape index (κ2) is 12.8.